The summed E-state index contributed by atoms with van der Waals surface area (Å²) in [6, 6.07) is 22.0. The van der Waals surface area contributed by atoms with Crippen LogP contribution >= 0.6 is 0 Å². The van der Waals surface area contributed by atoms with Gasteiger partial charge in [0.15, 0.2) is 0 Å². The minimum atomic E-state index is -0.763. The Balaban J connectivity index is 2.45. The molecule has 0 bridgehead atoms. The van der Waals surface area contributed by atoms with E-state index >= 15 is 0 Å². The molecule has 0 saturated carbocycles. The molecule has 0 N–H and O–H groups in total. The largest absolute Gasteiger partial charge is 0.309 e. The van der Waals surface area contributed by atoms with Crippen LogP contribution in [-0.4, -0.2) is 33.5 Å². The van der Waals surface area contributed by atoms with Crippen molar-refractivity contribution in [1.82, 2.24) is 4.90 Å². The van der Waals surface area contributed by atoms with Crippen molar-refractivity contribution in [3.63, 3.8) is 0 Å². The molecule has 2 rings (SSSR count). The fourth-order valence-corrected chi connectivity index (χ4v) is 5.74. The fraction of sp³-hybridized carbons (Fsp3) is 0.294. The Morgan fingerprint density at radius 1 is 0.842 bits per heavy atom. The molecule has 2 aromatic carbocycles. The van der Waals surface area contributed by atoms with Crippen molar-refractivity contribution >= 4 is 19.2 Å². The molecule has 2 aromatic rings. The van der Waals surface area contributed by atoms with Gasteiger partial charge in [-0.1, -0.05) is 78.0 Å². The van der Waals surface area contributed by atoms with E-state index in [1.165, 1.54) is 16.8 Å². The van der Waals surface area contributed by atoms with Gasteiger partial charge in [-0.2, -0.15) is 0 Å². The first-order valence-corrected chi connectivity index (χ1v) is 8.46. The summed E-state index contributed by atoms with van der Waals surface area (Å²) >= 11 is 0. The Hall–Kier alpha value is -1.38. The minimum absolute atomic E-state index is 0.620. The first kappa shape index (κ1) is 14.0. The van der Waals surface area contributed by atoms with Crippen LogP contribution in [0.15, 0.2) is 60.7 Å². The molecule has 0 aromatic heterocycles. The highest BCUT2D eigenvalue weighted by molar-refractivity contribution is 6.86. The molecule has 0 spiro atoms. The molecule has 1 nitrogen and oxygen atoms in total. The van der Waals surface area contributed by atoms with E-state index in [0.29, 0.717) is 5.67 Å². The van der Waals surface area contributed by atoms with Crippen LogP contribution in [0.3, 0.4) is 0 Å². The number of benzene rings is 2. The number of hydrogen-bond donors (Lipinski definition) is 0. The molecule has 0 aliphatic rings. The molecule has 2 heteroatoms. The zero-order valence-electron chi connectivity index (χ0n) is 12.0. The average molecular weight is 268 g/mol. The highest BCUT2D eigenvalue weighted by atomic mass is 28.3. The van der Waals surface area contributed by atoms with Gasteiger partial charge in [0.05, 0.1) is 0 Å². The van der Waals surface area contributed by atoms with Gasteiger partial charge in [0, 0.05) is 5.67 Å². The molecule has 19 heavy (non-hydrogen) atoms. The Morgan fingerprint density at radius 3 is 1.58 bits per heavy atom. The molecule has 99 valence electrons. The molecule has 0 aliphatic carbocycles. The van der Waals surface area contributed by atoms with Crippen LogP contribution < -0.4 is 10.4 Å². The molecule has 1 unspecified atom stereocenters. The second-order valence-electron chi connectivity index (χ2n) is 5.03. The van der Waals surface area contributed by atoms with Crippen LogP contribution in [0, 0.1) is 0 Å². The van der Waals surface area contributed by atoms with Crippen molar-refractivity contribution in [1.29, 1.82) is 0 Å². The summed E-state index contributed by atoms with van der Waals surface area (Å²) in [4.78, 5) is 2.38. The monoisotopic (exact) mass is 268 g/mol. The van der Waals surface area contributed by atoms with E-state index in [1.807, 2.05) is 0 Å². The Kier molecular flexibility index (Phi) is 4.94. The summed E-state index contributed by atoms with van der Waals surface area (Å²) in [6.07, 6.45) is 1.19. The van der Waals surface area contributed by atoms with Gasteiger partial charge < -0.3 is 4.90 Å². The predicted molar refractivity (Wildman–Crippen MR) is 85.7 cm³/mol. The predicted octanol–water partition coefficient (Wildman–Crippen LogP) is 2.17. The van der Waals surface area contributed by atoms with Gasteiger partial charge >= 0.3 is 0 Å². The molecule has 1 atom stereocenters. The summed E-state index contributed by atoms with van der Waals surface area (Å²) in [7, 11) is 3.64. The fourth-order valence-electron chi connectivity index (χ4n) is 2.61. The first-order valence-electron chi connectivity index (χ1n) is 6.88. The van der Waals surface area contributed by atoms with Gasteiger partial charge in [0.1, 0.15) is 8.80 Å². The molecule has 0 amide bonds. The van der Waals surface area contributed by atoms with Crippen LogP contribution in [0.1, 0.15) is 13.3 Å². The number of nitrogens with zero attached hydrogens (tertiary/aromatic N) is 1. The molecule has 0 fully saturated rings. The zero-order valence-corrected chi connectivity index (χ0v) is 13.0. The lowest BCUT2D eigenvalue weighted by Crippen LogP contribution is -2.56. The molecule has 0 heterocycles. The molecular weight excluding hydrogens is 246 g/mol. The second-order valence-corrected chi connectivity index (χ2v) is 7.68. The van der Waals surface area contributed by atoms with Gasteiger partial charge in [-0.05, 0) is 20.5 Å². The third-order valence-electron chi connectivity index (χ3n) is 3.51. The van der Waals surface area contributed by atoms with Crippen molar-refractivity contribution in [2.75, 3.05) is 14.1 Å². The lowest BCUT2D eigenvalue weighted by Gasteiger charge is -2.31. The van der Waals surface area contributed by atoms with E-state index in [9.17, 15) is 0 Å². The summed E-state index contributed by atoms with van der Waals surface area (Å²) in [5, 5.41) is 3.00. The third-order valence-corrected chi connectivity index (χ3v) is 7.01. The minimum Gasteiger partial charge on any atom is -0.309 e. The van der Waals surface area contributed by atoms with E-state index in [4.69, 9.17) is 0 Å². The van der Waals surface area contributed by atoms with Crippen LogP contribution in [0.5, 0.6) is 0 Å². The number of hydrogen-bond acceptors (Lipinski definition) is 1. The lowest BCUT2D eigenvalue weighted by atomic mass is 10.4. The zero-order chi connectivity index (χ0) is 13.7. The van der Waals surface area contributed by atoms with E-state index in [1.54, 1.807) is 0 Å². The van der Waals surface area contributed by atoms with Crippen molar-refractivity contribution in [3.8, 4) is 0 Å². The Morgan fingerprint density at radius 2 is 1.26 bits per heavy atom. The Bertz CT molecular complexity index is 442. The van der Waals surface area contributed by atoms with Crippen molar-refractivity contribution in [3.05, 3.63) is 60.7 Å². The third kappa shape index (κ3) is 3.34. The van der Waals surface area contributed by atoms with E-state index in [0.717, 1.165) is 0 Å². The molecular formula is C17H22NSi. The average Bonchev–Trinajstić information content (AvgIpc) is 2.46. The lowest BCUT2D eigenvalue weighted by molar-refractivity contribution is 0.363. The van der Waals surface area contributed by atoms with Gasteiger partial charge in [0.2, 0.25) is 0 Å². The topological polar surface area (TPSA) is 3.24 Å². The molecule has 0 saturated heterocycles. The van der Waals surface area contributed by atoms with Crippen molar-refractivity contribution < 1.29 is 0 Å². The van der Waals surface area contributed by atoms with Gasteiger partial charge in [-0.25, -0.2) is 0 Å². The summed E-state index contributed by atoms with van der Waals surface area (Å²) in [5.41, 5.74) is 0.620. The van der Waals surface area contributed by atoms with E-state index < -0.39 is 8.80 Å². The summed E-state index contributed by atoms with van der Waals surface area (Å²) in [6.45, 7) is 2.29. The maximum absolute atomic E-state index is 2.38. The van der Waals surface area contributed by atoms with Crippen LogP contribution in [-0.2, 0) is 0 Å². The van der Waals surface area contributed by atoms with Crippen molar-refractivity contribution in [2.45, 2.75) is 19.0 Å². The standard InChI is InChI=1S/C17H22NSi/c1-4-17(18(2)3)19(15-11-7-5-8-12-15)16-13-9-6-10-14-16/h5-14,17H,4H2,1-3H3. The smallest absolute Gasteiger partial charge is 0.139 e. The quantitative estimate of drug-likeness (QED) is 0.751. The van der Waals surface area contributed by atoms with Crippen LogP contribution in [0.4, 0.5) is 0 Å². The second kappa shape index (κ2) is 6.69. The highest BCUT2D eigenvalue weighted by Crippen LogP contribution is 2.06. The Labute approximate surface area is 118 Å². The van der Waals surface area contributed by atoms with E-state index in [-0.39, 0.29) is 0 Å². The van der Waals surface area contributed by atoms with Crippen LogP contribution in [0.25, 0.3) is 0 Å². The van der Waals surface area contributed by atoms with Crippen LogP contribution in [0.2, 0.25) is 0 Å². The molecule has 0 aliphatic heterocycles. The van der Waals surface area contributed by atoms with Gasteiger partial charge in [-0.3, -0.25) is 0 Å². The summed E-state index contributed by atoms with van der Waals surface area (Å²) in [5.74, 6) is 0. The first-order chi connectivity index (χ1) is 9.24. The SMILES string of the molecule is CCC(N(C)C)[Si](c1ccccc1)c1ccccc1. The van der Waals surface area contributed by atoms with Gasteiger partial charge in [0.25, 0.3) is 0 Å². The number of rotatable bonds is 5. The maximum atomic E-state index is 2.38. The highest BCUT2D eigenvalue weighted by Gasteiger charge is 2.27. The maximum Gasteiger partial charge on any atom is 0.139 e. The summed E-state index contributed by atoms with van der Waals surface area (Å²) < 4.78 is 0. The van der Waals surface area contributed by atoms with Crippen molar-refractivity contribution in [2.24, 2.45) is 0 Å². The van der Waals surface area contributed by atoms with E-state index in [2.05, 4.69) is 86.6 Å². The normalized spacial score (nSPS) is 12.9. The van der Waals surface area contributed by atoms with Gasteiger partial charge in [-0.15, -0.1) is 0 Å². The molecule has 1 radical (unpaired) electrons.